The van der Waals surface area contributed by atoms with Crippen LogP contribution in [-0.2, 0) is 0 Å². The summed E-state index contributed by atoms with van der Waals surface area (Å²) in [5.41, 5.74) is 0. The number of halogens is 5. The molecule has 0 N–H and O–H groups in total. The molecule has 0 aromatic carbocycles. The topological polar surface area (TPSA) is 0 Å². The molecule has 0 nitrogen and oxygen atoms in total. The minimum atomic E-state index is -2.94. The third-order valence-electron chi connectivity index (χ3n) is 0.859. The van der Waals surface area contributed by atoms with Crippen molar-refractivity contribution in [1.29, 1.82) is 0 Å². The van der Waals surface area contributed by atoms with Crippen LogP contribution in [0.3, 0.4) is 0 Å². The molecule has 0 rings (SSSR count). The third-order valence-corrected chi connectivity index (χ3v) is 8.92. The Morgan fingerprint density at radius 3 is 1.56 bits per heavy atom. The van der Waals surface area contributed by atoms with E-state index in [0.717, 1.165) is 0 Å². The molecule has 0 aliphatic rings. The maximum Gasteiger partial charge on any atom is 0.376 e. The van der Waals surface area contributed by atoms with E-state index < -0.39 is 9.96 Å². The van der Waals surface area contributed by atoms with E-state index in [1.54, 1.807) is 6.92 Å². The van der Waals surface area contributed by atoms with Gasteiger partial charge in [0.1, 0.15) is 0 Å². The highest BCUT2D eigenvalue weighted by Gasteiger charge is 2.48. The van der Waals surface area contributed by atoms with Crippen LogP contribution < -0.4 is 0 Å². The van der Waals surface area contributed by atoms with Crippen molar-refractivity contribution in [2.24, 2.45) is 0 Å². The first-order valence-corrected chi connectivity index (χ1v) is 8.05. The Hall–Kier alpha value is 1.67. The highest BCUT2D eigenvalue weighted by Crippen LogP contribution is 2.43. The minimum absolute atomic E-state index is 0.457. The summed E-state index contributed by atoms with van der Waals surface area (Å²) in [6, 6.07) is -2.94. The molecular formula is C3H5Cl5Si. The van der Waals surface area contributed by atoms with Gasteiger partial charge in [0, 0.05) is 0 Å². The summed E-state index contributed by atoms with van der Waals surface area (Å²) in [5, 5.41) is 0. The first-order chi connectivity index (χ1) is 3.81. The summed E-state index contributed by atoms with van der Waals surface area (Å²) in [6.07, 6.45) is 0.457. The van der Waals surface area contributed by atoms with Gasteiger partial charge < -0.3 is 0 Å². The van der Waals surface area contributed by atoms with Gasteiger partial charge in [-0.15, -0.1) is 56.4 Å². The maximum absolute atomic E-state index is 5.63. The molecule has 0 unspecified atom stereocenters. The molecule has 0 bridgehead atoms. The van der Waals surface area contributed by atoms with Gasteiger partial charge in [0.05, 0.1) is 0 Å². The molecule has 0 saturated carbocycles. The van der Waals surface area contributed by atoms with Crippen LogP contribution in [0.2, 0.25) is 0 Å². The Kier molecular flexibility index (Phi) is 4.00. The van der Waals surface area contributed by atoms with Crippen LogP contribution in [0.15, 0.2) is 0 Å². The van der Waals surface area contributed by atoms with Crippen LogP contribution in [0.4, 0.5) is 0 Å². The van der Waals surface area contributed by atoms with E-state index in [4.69, 9.17) is 56.4 Å². The third kappa shape index (κ3) is 3.04. The van der Waals surface area contributed by atoms with Gasteiger partial charge in [0.2, 0.25) is 0 Å². The van der Waals surface area contributed by atoms with Crippen molar-refractivity contribution in [3.63, 3.8) is 0 Å². The molecule has 0 aromatic rings. The van der Waals surface area contributed by atoms with Gasteiger partial charge in [0.15, 0.2) is 3.96 Å². The zero-order chi connectivity index (χ0) is 7.71. The molecule has 0 fully saturated rings. The van der Waals surface area contributed by atoms with Gasteiger partial charge in [-0.3, -0.25) is 0 Å². The van der Waals surface area contributed by atoms with Gasteiger partial charge >= 0.3 is 6.00 Å². The summed E-state index contributed by atoms with van der Waals surface area (Å²) in [4.78, 5) is 0. The monoisotopic (exact) mass is 244 g/mol. The summed E-state index contributed by atoms with van der Waals surface area (Å²) in [6.45, 7) is 1.77. The first-order valence-electron chi connectivity index (χ1n) is 2.26. The van der Waals surface area contributed by atoms with Crippen LogP contribution in [0.25, 0.3) is 0 Å². The van der Waals surface area contributed by atoms with E-state index in [1.165, 1.54) is 0 Å². The van der Waals surface area contributed by atoms with Crippen LogP contribution in [0.5, 0.6) is 0 Å². The Labute approximate surface area is 79.5 Å². The maximum atomic E-state index is 5.63. The lowest BCUT2D eigenvalue weighted by molar-refractivity contribution is 0.963. The largest absolute Gasteiger partial charge is 0.376 e. The fourth-order valence-electron chi connectivity index (χ4n) is 0.200. The predicted octanol–water partition coefficient (Wildman–Crippen LogP) is 3.76. The van der Waals surface area contributed by atoms with Crippen molar-refractivity contribution in [2.45, 2.75) is 17.3 Å². The highest BCUT2D eigenvalue weighted by atomic mass is 35.8. The lowest BCUT2D eigenvalue weighted by Gasteiger charge is -2.22. The average molecular weight is 246 g/mol. The molecule has 56 valence electrons. The molecule has 6 heteroatoms. The Bertz CT molecular complexity index is 94.9. The summed E-state index contributed by atoms with van der Waals surface area (Å²) in [7, 11) is 0. The molecule has 0 aromatic heterocycles. The Balaban J connectivity index is 4.14. The fourth-order valence-corrected chi connectivity index (χ4v) is 1.80. The number of hydrogen-bond acceptors (Lipinski definition) is 0. The molecule has 0 amide bonds. The van der Waals surface area contributed by atoms with Gasteiger partial charge in [-0.2, -0.15) is 0 Å². The van der Waals surface area contributed by atoms with Crippen LogP contribution in [0, 0.1) is 0 Å². The van der Waals surface area contributed by atoms with E-state index in [2.05, 4.69) is 0 Å². The van der Waals surface area contributed by atoms with E-state index >= 15 is 0 Å². The zero-order valence-corrected chi connectivity index (χ0v) is 9.38. The van der Waals surface area contributed by atoms with Crippen molar-refractivity contribution in [1.82, 2.24) is 0 Å². The quantitative estimate of drug-likeness (QED) is 0.395. The number of alkyl halides is 2. The predicted molar refractivity (Wildman–Crippen MR) is 48.0 cm³/mol. The second kappa shape index (κ2) is 3.38. The van der Waals surface area contributed by atoms with E-state index in [9.17, 15) is 0 Å². The average Bonchev–Trinajstić information content (AvgIpc) is 1.64. The molecular weight excluding hydrogens is 241 g/mol. The Morgan fingerprint density at radius 2 is 1.56 bits per heavy atom. The number of hydrogen-bond donors (Lipinski definition) is 0. The van der Waals surface area contributed by atoms with Crippen LogP contribution in [0.1, 0.15) is 13.3 Å². The minimum Gasteiger partial charge on any atom is -0.123 e. The molecule has 0 saturated heterocycles. The molecule has 9 heavy (non-hydrogen) atoms. The Morgan fingerprint density at radius 1 is 1.22 bits per heavy atom. The first kappa shape index (κ1) is 10.7. The standard InChI is InChI=1S/C3H5Cl5Si/c1-2-3(4,5)9(6,7)8/h2H2,1H3. The smallest absolute Gasteiger partial charge is 0.123 e. The molecule has 0 atom stereocenters. The highest BCUT2D eigenvalue weighted by molar-refractivity contribution is 7.68. The van der Waals surface area contributed by atoms with E-state index in [-0.39, 0.29) is 0 Å². The van der Waals surface area contributed by atoms with Crippen molar-refractivity contribution >= 4 is 62.4 Å². The summed E-state index contributed by atoms with van der Waals surface area (Å²) < 4.78 is -1.14. The van der Waals surface area contributed by atoms with Gasteiger partial charge in [0.25, 0.3) is 0 Å². The second-order valence-electron chi connectivity index (χ2n) is 1.56. The van der Waals surface area contributed by atoms with Gasteiger partial charge in [-0.1, -0.05) is 6.92 Å². The van der Waals surface area contributed by atoms with Crippen LogP contribution >= 0.6 is 56.4 Å². The zero-order valence-electron chi connectivity index (χ0n) is 4.60. The SMILES string of the molecule is CCC(Cl)(Cl)[Si](Cl)(Cl)Cl. The molecule has 0 heterocycles. The molecule has 0 aliphatic heterocycles. The fraction of sp³-hybridized carbons (Fsp3) is 1.00. The van der Waals surface area contributed by atoms with Crippen molar-refractivity contribution < 1.29 is 0 Å². The normalized spacial score (nSPS) is 14.0. The summed E-state index contributed by atoms with van der Waals surface area (Å²) in [5.74, 6) is 0. The van der Waals surface area contributed by atoms with E-state index in [0.29, 0.717) is 6.42 Å². The number of rotatable bonds is 2. The van der Waals surface area contributed by atoms with Crippen molar-refractivity contribution in [2.75, 3.05) is 0 Å². The van der Waals surface area contributed by atoms with Crippen LogP contribution in [-0.4, -0.2) is 9.96 Å². The second-order valence-corrected chi connectivity index (χ2v) is 12.4. The van der Waals surface area contributed by atoms with Crippen molar-refractivity contribution in [3.05, 3.63) is 0 Å². The molecule has 0 aliphatic carbocycles. The van der Waals surface area contributed by atoms with Gasteiger partial charge in [-0.05, 0) is 6.42 Å². The van der Waals surface area contributed by atoms with E-state index in [1.807, 2.05) is 0 Å². The molecule has 0 spiro atoms. The van der Waals surface area contributed by atoms with Crippen molar-refractivity contribution in [3.8, 4) is 0 Å². The van der Waals surface area contributed by atoms with Gasteiger partial charge in [-0.25, -0.2) is 0 Å². The lowest BCUT2D eigenvalue weighted by Crippen LogP contribution is -2.35. The summed E-state index contributed by atoms with van der Waals surface area (Å²) >= 11 is 27.8. The lowest BCUT2D eigenvalue weighted by atomic mass is 10.6. The molecule has 0 radical (unpaired) electrons.